The highest BCUT2D eigenvalue weighted by molar-refractivity contribution is 5.92. The quantitative estimate of drug-likeness (QED) is 0.690. The van der Waals surface area contributed by atoms with Gasteiger partial charge in [0.05, 0.1) is 11.6 Å². The first-order chi connectivity index (χ1) is 8.95. The van der Waals surface area contributed by atoms with Crippen molar-refractivity contribution in [2.24, 2.45) is 5.41 Å². The van der Waals surface area contributed by atoms with E-state index in [9.17, 15) is 19.5 Å². The molecule has 1 aromatic heterocycles. The second kappa shape index (κ2) is 6.12. The van der Waals surface area contributed by atoms with E-state index in [1.54, 1.807) is 13.8 Å². The molecule has 19 heavy (non-hydrogen) atoms. The molecule has 1 aromatic rings. The maximum absolute atomic E-state index is 11.8. The number of amides is 1. The molecule has 0 saturated carbocycles. The molecule has 0 unspecified atom stereocenters. The van der Waals surface area contributed by atoms with Crippen LogP contribution in [0.15, 0.2) is 17.2 Å². The van der Waals surface area contributed by atoms with Crippen LogP contribution in [0.5, 0.6) is 0 Å². The van der Waals surface area contributed by atoms with Crippen LogP contribution >= 0.6 is 0 Å². The number of nitrogens with one attached hydrogen (secondary N) is 2. The summed E-state index contributed by atoms with van der Waals surface area (Å²) in [5, 5.41) is 11.8. The Hall–Kier alpha value is -2.18. The van der Waals surface area contributed by atoms with E-state index < -0.39 is 22.9 Å². The lowest BCUT2D eigenvalue weighted by Crippen LogP contribution is -2.42. The van der Waals surface area contributed by atoms with Crippen LogP contribution in [0.1, 0.15) is 37.2 Å². The average molecular weight is 267 g/mol. The molecule has 0 radical (unpaired) electrons. The van der Waals surface area contributed by atoms with Crippen LogP contribution in [0.2, 0.25) is 0 Å². The van der Waals surface area contributed by atoms with Crippen LogP contribution in [0.3, 0.4) is 0 Å². The van der Waals surface area contributed by atoms with E-state index in [4.69, 9.17) is 0 Å². The number of aromatic nitrogens is 2. The highest BCUT2D eigenvalue weighted by atomic mass is 16.4. The zero-order chi connectivity index (χ0) is 14.5. The molecule has 0 spiro atoms. The van der Waals surface area contributed by atoms with Crippen LogP contribution in [-0.2, 0) is 4.79 Å². The Labute approximate surface area is 110 Å². The summed E-state index contributed by atoms with van der Waals surface area (Å²) in [6, 6.07) is 0. The fourth-order valence-corrected chi connectivity index (χ4v) is 1.68. The molecule has 7 heteroatoms. The molecule has 7 nitrogen and oxygen atoms in total. The molecular weight excluding hydrogens is 250 g/mol. The molecule has 1 amide bonds. The predicted octanol–water partition coefficient (Wildman–Crippen LogP) is 0.391. The van der Waals surface area contributed by atoms with Gasteiger partial charge in [0.25, 0.3) is 11.5 Å². The summed E-state index contributed by atoms with van der Waals surface area (Å²) in [7, 11) is 0. The van der Waals surface area contributed by atoms with Gasteiger partial charge in [0.2, 0.25) is 0 Å². The largest absolute Gasteiger partial charge is 0.481 e. The Morgan fingerprint density at radius 3 is 2.47 bits per heavy atom. The van der Waals surface area contributed by atoms with E-state index in [0.29, 0.717) is 12.8 Å². The number of H-pyrrole nitrogens is 1. The summed E-state index contributed by atoms with van der Waals surface area (Å²) in [5.74, 6) is -1.45. The second-order valence-corrected chi connectivity index (χ2v) is 4.27. The van der Waals surface area contributed by atoms with Crippen molar-refractivity contribution in [1.29, 1.82) is 0 Å². The molecule has 0 atom stereocenters. The molecule has 0 saturated heterocycles. The summed E-state index contributed by atoms with van der Waals surface area (Å²) >= 11 is 0. The molecule has 104 valence electrons. The van der Waals surface area contributed by atoms with Crippen molar-refractivity contribution < 1.29 is 14.7 Å². The van der Waals surface area contributed by atoms with Gasteiger partial charge in [-0.1, -0.05) is 13.8 Å². The zero-order valence-corrected chi connectivity index (χ0v) is 10.9. The Kier molecular flexibility index (Phi) is 4.80. The smallest absolute Gasteiger partial charge is 0.311 e. The summed E-state index contributed by atoms with van der Waals surface area (Å²) in [6.07, 6.45) is 3.02. The summed E-state index contributed by atoms with van der Waals surface area (Å²) in [6.45, 7) is 3.55. The van der Waals surface area contributed by atoms with Gasteiger partial charge in [-0.3, -0.25) is 14.4 Å². The lowest BCUT2D eigenvalue weighted by atomic mass is 9.82. The summed E-state index contributed by atoms with van der Waals surface area (Å²) < 4.78 is 0. The van der Waals surface area contributed by atoms with Gasteiger partial charge in [0, 0.05) is 12.7 Å². The molecule has 3 N–H and O–H groups in total. The third kappa shape index (κ3) is 3.40. The Balaban J connectivity index is 2.75. The molecule has 0 bridgehead atoms. The zero-order valence-electron chi connectivity index (χ0n) is 10.9. The monoisotopic (exact) mass is 267 g/mol. The number of aliphatic carboxylic acids is 1. The number of carbonyl (C=O) groups is 2. The van der Waals surface area contributed by atoms with Crippen molar-refractivity contribution >= 4 is 11.9 Å². The molecule has 0 fully saturated rings. The minimum Gasteiger partial charge on any atom is -0.481 e. The standard InChI is InChI=1S/C12H17N3O4/c1-3-12(4-2,11(18)19)7-15-10(17)8-5-14-9(16)6-13-8/h5-6H,3-4,7H2,1-2H3,(H,14,16)(H,15,17)(H,18,19). The second-order valence-electron chi connectivity index (χ2n) is 4.27. The molecule has 0 aliphatic rings. The third-order valence-corrected chi connectivity index (χ3v) is 3.30. The topological polar surface area (TPSA) is 112 Å². The number of carboxylic acids is 1. The van der Waals surface area contributed by atoms with Crippen molar-refractivity contribution in [1.82, 2.24) is 15.3 Å². The predicted molar refractivity (Wildman–Crippen MR) is 67.8 cm³/mol. The Bertz CT molecular complexity index is 499. The molecule has 0 aliphatic heterocycles. The van der Waals surface area contributed by atoms with Crippen molar-refractivity contribution in [3.63, 3.8) is 0 Å². The van der Waals surface area contributed by atoms with Crippen LogP contribution in [-0.4, -0.2) is 33.5 Å². The van der Waals surface area contributed by atoms with Gasteiger partial charge < -0.3 is 15.4 Å². The Morgan fingerprint density at radius 2 is 2.05 bits per heavy atom. The number of rotatable bonds is 6. The molecule has 0 aliphatic carbocycles. The van der Waals surface area contributed by atoms with Gasteiger partial charge in [-0.05, 0) is 12.8 Å². The molecular formula is C12H17N3O4. The number of carbonyl (C=O) groups excluding carboxylic acids is 1. The number of aromatic amines is 1. The van der Waals surface area contributed by atoms with Gasteiger partial charge in [0.1, 0.15) is 5.69 Å². The van der Waals surface area contributed by atoms with Crippen molar-refractivity contribution in [3.8, 4) is 0 Å². The average Bonchev–Trinajstić information content (AvgIpc) is 2.40. The van der Waals surface area contributed by atoms with E-state index in [-0.39, 0.29) is 12.2 Å². The first kappa shape index (κ1) is 14.9. The number of nitrogens with zero attached hydrogens (tertiary/aromatic N) is 1. The fourth-order valence-electron chi connectivity index (χ4n) is 1.68. The maximum Gasteiger partial charge on any atom is 0.311 e. The SMILES string of the molecule is CCC(CC)(CNC(=O)c1c[nH]c(=O)cn1)C(=O)O. The van der Waals surface area contributed by atoms with Crippen molar-refractivity contribution in [2.45, 2.75) is 26.7 Å². The normalized spacial score (nSPS) is 11.1. The van der Waals surface area contributed by atoms with Crippen molar-refractivity contribution in [2.75, 3.05) is 6.54 Å². The number of hydrogen-bond donors (Lipinski definition) is 3. The molecule has 0 aromatic carbocycles. The van der Waals surface area contributed by atoms with E-state index in [1.165, 1.54) is 6.20 Å². The third-order valence-electron chi connectivity index (χ3n) is 3.30. The highest BCUT2D eigenvalue weighted by Crippen LogP contribution is 2.25. The van der Waals surface area contributed by atoms with E-state index in [1.807, 2.05) is 0 Å². The lowest BCUT2D eigenvalue weighted by molar-refractivity contribution is -0.149. The number of hydrogen-bond acceptors (Lipinski definition) is 4. The van der Waals surface area contributed by atoms with Crippen LogP contribution in [0.4, 0.5) is 0 Å². The lowest BCUT2D eigenvalue weighted by Gasteiger charge is -2.26. The van der Waals surface area contributed by atoms with Crippen LogP contribution in [0.25, 0.3) is 0 Å². The molecule has 1 rings (SSSR count). The summed E-state index contributed by atoms with van der Waals surface area (Å²) in [4.78, 5) is 39.9. The fraction of sp³-hybridized carbons (Fsp3) is 0.500. The van der Waals surface area contributed by atoms with Gasteiger partial charge in [-0.15, -0.1) is 0 Å². The van der Waals surface area contributed by atoms with Crippen molar-refractivity contribution in [3.05, 3.63) is 28.4 Å². The minimum absolute atomic E-state index is 0.0228. The maximum atomic E-state index is 11.8. The van der Waals surface area contributed by atoms with E-state index in [0.717, 1.165) is 6.20 Å². The first-order valence-corrected chi connectivity index (χ1v) is 6.01. The molecule has 1 heterocycles. The highest BCUT2D eigenvalue weighted by Gasteiger charge is 2.35. The van der Waals surface area contributed by atoms with Gasteiger partial charge >= 0.3 is 5.97 Å². The Morgan fingerprint density at radius 1 is 1.42 bits per heavy atom. The van der Waals surface area contributed by atoms with Gasteiger partial charge in [-0.25, -0.2) is 4.98 Å². The van der Waals surface area contributed by atoms with Gasteiger partial charge in [0.15, 0.2) is 0 Å². The summed E-state index contributed by atoms with van der Waals surface area (Å²) in [5.41, 5.74) is -1.33. The van der Waals surface area contributed by atoms with Crippen LogP contribution < -0.4 is 10.9 Å². The van der Waals surface area contributed by atoms with Crippen LogP contribution in [0, 0.1) is 5.41 Å². The number of carboxylic acid groups (broad SMARTS) is 1. The minimum atomic E-state index is -0.974. The van der Waals surface area contributed by atoms with Gasteiger partial charge in [-0.2, -0.15) is 0 Å². The first-order valence-electron chi connectivity index (χ1n) is 6.01. The van der Waals surface area contributed by atoms with E-state index in [2.05, 4.69) is 15.3 Å². The van der Waals surface area contributed by atoms with E-state index >= 15 is 0 Å².